The lowest BCUT2D eigenvalue weighted by Gasteiger charge is -2.25. The van der Waals surface area contributed by atoms with Crippen LogP contribution in [0.25, 0.3) is 0 Å². The fraction of sp³-hybridized carbons (Fsp3) is 0.571. The van der Waals surface area contributed by atoms with Crippen molar-refractivity contribution in [3.8, 4) is 0 Å². The summed E-state index contributed by atoms with van der Waals surface area (Å²) in [6.07, 6.45) is 2.30. The Hall–Kier alpha value is -0.860. The molecule has 0 saturated heterocycles. The van der Waals surface area contributed by atoms with Crippen LogP contribution in [0.15, 0.2) is 30.3 Å². The summed E-state index contributed by atoms with van der Waals surface area (Å²) in [4.78, 5) is 2.37. The van der Waals surface area contributed by atoms with E-state index < -0.39 is 0 Å². The molecule has 1 aliphatic rings. The molecule has 2 rings (SSSR count). The Morgan fingerprint density at radius 1 is 1.31 bits per heavy atom. The third-order valence-corrected chi connectivity index (χ3v) is 3.43. The smallest absolute Gasteiger partial charge is 0.0827 e. The molecule has 0 aliphatic heterocycles. The molecule has 2 nitrogen and oxygen atoms in total. The monoisotopic (exact) mass is 219 g/mol. The van der Waals surface area contributed by atoms with Gasteiger partial charge in [-0.25, -0.2) is 0 Å². The number of rotatable bonds is 5. The molecule has 16 heavy (non-hydrogen) atoms. The Balaban J connectivity index is 1.90. The van der Waals surface area contributed by atoms with Gasteiger partial charge in [0.1, 0.15) is 0 Å². The van der Waals surface area contributed by atoms with Crippen LogP contribution in [0.5, 0.6) is 0 Å². The van der Waals surface area contributed by atoms with Crippen molar-refractivity contribution in [2.75, 3.05) is 13.6 Å². The van der Waals surface area contributed by atoms with Gasteiger partial charge in [0, 0.05) is 12.6 Å². The fourth-order valence-electron chi connectivity index (χ4n) is 2.20. The van der Waals surface area contributed by atoms with E-state index >= 15 is 0 Å². The molecule has 1 aromatic carbocycles. The predicted molar refractivity (Wildman–Crippen MR) is 66.2 cm³/mol. The van der Waals surface area contributed by atoms with Crippen LogP contribution < -0.4 is 0 Å². The number of aliphatic hydroxyl groups excluding tert-OH is 1. The van der Waals surface area contributed by atoms with Crippen LogP contribution in [-0.4, -0.2) is 29.6 Å². The fourth-order valence-corrected chi connectivity index (χ4v) is 2.20. The topological polar surface area (TPSA) is 23.5 Å². The Morgan fingerprint density at radius 3 is 2.50 bits per heavy atom. The maximum absolute atomic E-state index is 10.2. The number of nitrogens with zero attached hydrogens (tertiary/aromatic N) is 1. The van der Waals surface area contributed by atoms with Crippen LogP contribution in [0.3, 0.4) is 0 Å². The van der Waals surface area contributed by atoms with Crippen LogP contribution in [0.2, 0.25) is 0 Å². The van der Waals surface area contributed by atoms with Gasteiger partial charge in [0.25, 0.3) is 0 Å². The maximum Gasteiger partial charge on any atom is 0.0827 e. The van der Waals surface area contributed by atoms with Gasteiger partial charge in [-0.05, 0) is 31.4 Å². The van der Waals surface area contributed by atoms with Crippen molar-refractivity contribution >= 4 is 0 Å². The van der Waals surface area contributed by atoms with Crippen LogP contribution >= 0.6 is 0 Å². The van der Waals surface area contributed by atoms with Crippen LogP contribution in [0, 0.1) is 5.92 Å². The lowest BCUT2D eigenvalue weighted by atomic mass is 9.97. The quantitative estimate of drug-likeness (QED) is 0.822. The molecule has 1 N–H and O–H groups in total. The highest BCUT2D eigenvalue weighted by Gasteiger charge is 2.28. The minimum Gasteiger partial charge on any atom is -0.388 e. The van der Waals surface area contributed by atoms with Crippen molar-refractivity contribution < 1.29 is 5.11 Å². The van der Waals surface area contributed by atoms with Crippen molar-refractivity contribution in [3.63, 3.8) is 0 Å². The molecule has 2 atom stereocenters. The average molecular weight is 219 g/mol. The van der Waals surface area contributed by atoms with E-state index in [0.29, 0.717) is 0 Å². The Morgan fingerprint density at radius 2 is 1.94 bits per heavy atom. The van der Waals surface area contributed by atoms with E-state index in [9.17, 15) is 5.11 Å². The zero-order valence-corrected chi connectivity index (χ0v) is 10.1. The highest BCUT2D eigenvalue weighted by Crippen LogP contribution is 2.28. The van der Waals surface area contributed by atoms with E-state index in [1.807, 2.05) is 30.3 Å². The molecular formula is C14H21NO. The SMILES string of the molecule is CC(CN(C)C1CC1)C(O)c1ccccc1. The Kier molecular flexibility index (Phi) is 3.62. The number of hydrogen-bond donors (Lipinski definition) is 1. The van der Waals surface area contributed by atoms with Gasteiger partial charge >= 0.3 is 0 Å². The highest BCUT2D eigenvalue weighted by molar-refractivity contribution is 5.17. The molecule has 1 saturated carbocycles. The molecule has 0 amide bonds. The molecular weight excluding hydrogens is 198 g/mol. The first kappa shape index (κ1) is 11.6. The molecule has 2 heteroatoms. The average Bonchev–Trinajstić information content (AvgIpc) is 3.13. The minimum atomic E-state index is -0.345. The molecule has 2 unspecified atom stereocenters. The molecule has 1 fully saturated rings. The lowest BCUT2D eigenvalue weighted by molar-refractivity contribution is 0.0932. The van der Waals surface area contributed by atoms with Crippen LogP contribution in [-0.2, 0) is 0 Å². The summed E-state index contributed by atoms with van der Waals surface area (Å²) in [6, 6.07) is 10.7. The second-order valence-corrected chi connectivity index (χ2v) is 5.00. The molecule has 1 aromatic rings. The van der Waals surface area contributed by atoms with E-state index in [1.54, 1.807) is 0 Å². The standard InChI is InChI=1S/C14H21NO/c1-11(10-15(2)13-8-9-13)14(16)12-6-4-3-5-7-12/h3-7,11,13-14,16H,8-10H2,1-2H3. The van der Waals surface area contributed by atoms with E-state index in [-0.39, 0.29) is 12.0 Å². The zero-order valence-electron chi connectivity index (χ0n) is 10.1. The minimum absolute atomic E-state index is 0.285. The molecule has 0 heterocycles. The van der Waals surface area contributed by atoms with Gasteiger partial charge in [-0.2, -0.15) is 0 Å². The van der Waals surface area contributed by atoms with Crippen molar-refractivity contribution in [1.82, 2.24) is 4.90 Å². The number of aliphatic hydroxyl groups is 1. The largest absolute Gasteiger partial charge is 0.388 e. The highest BCUT2D eigenvalue weighted by atomic mass is 16.3. The number of benzene rings is 1. The van der Waals surface area contributed by atoms with Crippen molar-refractivity contribution in [2.24, 2.45) is 5.92 Å². The summed E-state index contributed by atoms with van der Waals surface area (Å²) in [6.45, 7) is 3.09. The van der Waals surface area contributed by atoms with Gasteiger partial charge in [-0.3, -0.25) is 0 Å². The van der Waals surface area contributed by atoms with E-state index in [2.05, 4.69) is 18.9 Å². The first-order valence-corrected chi connectivity index (χ1v) is 6.11. The molecule has 0 bridgehead atoms. The molecule has 0 spiro atoms. The maximum atomic E-state index is 10.2. The van der Waals surface area contributed by atoms with Gasteiger partial charge in [0.15, 0.2) is 0 Å². The Bertz CT molecular complexity index is 321. The lowest BCUT2D eigenvalue weighted by Crippen LogP contribution is -2.29. The molecule has 1 aliphatic carbocycles. The number of hydrogen-bond acceptors (Lipinski definition) is 2. The van der Waals surface area contributed by atoms with E-state index in [4.69, 9.17) is 0 Å². The summed E-state index contributed by atoms with van der Waals surface area (Å²) in [5, 5.41) is 10.2. The van der Waals surface area contributed by atoms with Gasteiger partial charge in [0.2, 0.25) is 0 Å². The Labute approximate surface area is 97.9 Å². The van der Waals surface area contributed by atoms with Crippen LogP contribution in [0.1, 0.15) is 31.4 Å². The third kappa shape index (κ3) is 2.83. The molecule has 0 aromatic heterocycles. The second kappa shape index (κ2) is 4.98. The zero-order chi connectivity index (χ0) is 11.5. The van der Waals surface area contributed by atoms with Gasteiger partial charge in [-0.15, -0.1) is 0 Å². The summed E-state index contributed by atoms with van der Waals surface area (Å²) in [5.41, 5.74) is 1.03. The summed E-state index contributed by atoms with van der Waals surface area (Å²) >= 11 is 0. The summed E-state index contributed by atoms with van der Waals surface area (Å²) in [5.74, 6) is 0.285. The van der Waals surface area contributed by atoms with Crippen molar-refractivity contribution in [2.45, 2.75) is 31.9 Å². The van der Waals surface area contributed by atoms with E-state index in [0.717, 1.165) is 18.2 Å². The summed E-state index contributed by atoms with van der Waals surface area (Å²) < 4.78 is 0. The van der Waals surface area contributed by atoms with Gasteiger partial charge in [-0.1, -0.05) is 37.3 Å². The van der Waals surface area contributed by atoms with Gasteiger partial charge < -0.3 is 10.0 Å². The molecule has 88 valence electrons. The summed E-state index contributed by atoms with van der Waals surface area (Å²) in [7, 11) is 2.16. The predicted octanol–water partition coefficient (Wildman–Crippen LogP) is 2.45. The first-order chi connectivity index (χ1) is 7.68. The van der Waals surface area contributed by atoms with Crippen molar-refractivity contribution in [3.05, 3.63) is 35.9 Å². The third-order valence-electron chi connectivity index (χ3n) is 3.43. The van der Waals surface area contributed by atoms with Crippen LogP contribution in [0.4, 0.5) is 0 Å². The van der Waals surface area contributed by atoms with Crippen molar-refractivity contribution in [1.29, 1.82) is 0 Å². The second-order valence-electron chi connectivity index (χ2n) is 5.00. The van der Waals surface area contributed by atoms with Gasteiger partial charge in [0.05, 0.1) is 6.10 Å². The van der Waals surface area contributed by atoms with E-state index in [1.165, 1.54) is 12.8 Å². The normalized spacial score (nSPS) is 19.8. The molecule has 0 radical (unpaired) electrons. The first-order valence-electron chi connectivity index (χ1n) is 6.11.